The number of aryl methyl sites for hydroxylation is 1. The van der Waals surface area contributed by atoms with E-state index in [-0.39, 0.29) is 10.8 Å². The highest BCUT2D eigenvalue weighted by Gasteiger charge is 2.59. The molecule has 2 fully saturated rings. The zero-order valence-corrected chi connectivity index (χ0v) is 18.4. The highest BCUT2D eigenvalue weighted by atomic mass is 32.1. The Morgan fingerprint density at radius 3 is 2.34 bits per heavy atom. The van der Waals surface area contributed by atoms with Crippen LogP contribution < -0.4 is 9.80 Å². The Balaban J connectivity index is 0.00000141. The number of carbonyl (C=O) groups excluding carboxylic acids is 1. The highest BCUT2D eigenvalue weighted by Crippen LogP contribution is 2.48. The van der Waals surface area contributed by atoms with Crippen molar-refractivity contribution in [1.82, 2.24) is 4.98 Å². The van der Waals surface area contributed by atoms with Gasteiger partial charge in [-0.2, -0.15) is 18.4 Å². The quantitative estimate of drug-likeness (QED) is 0.434. The second-order valence-corrected chi connectivity index (χ2v) is 7.64. The van der Waals surface area contributed by atoms with Gasteiger partial charge in [0.1, 0.15) is 17.4 Å². The number of pyridine rings is 1. The SMILES string of the molecule is CC.Cc1ccc(N2C(=S)N(c3cnc(C#N)c(C(F)(F)F)c3)C(=O)C23CCC3)cc1F. The Morgan fingerprint density at radius 1 is 1.19 bits per heavy atom. The van der Waals surface area contributed by atoms with Gasteiger partial charge in [0, 0.05) is 5.69 Å². The van der Waals surface area contributed by atoms with Crippen LogP contribution in [-0.4, -0.2) is 21.5 Å². The van der Waals surface area contributed by atoms with E-state index in [1.54, 1.807) is 19.1 Å². The molecule has 1 aliphatic heterocycles. The van der Waals surface area contributed by atoms with Crippen LogP contribution in [0.3, 0.4) is 0 Å². The van der Waals surface area contributed by atoms with Crippen LogP contribution in [0.25, 0.3) is 0 Å². The van der Waals surface area contributed by atoms with Gasteiger partial charge < -0.3 is 4.90 Å². The molecule has 0 unspecified atom stereocenters. The minimum absolute atomic E-state index is 0.0532. The van der Waals surface area contributed by atoms with Crippen molar-refractivity contribution in [2.24, 2.45) is 0 Å². The summed E-state index contributed by atoms with van der Waals surface area (Å²) in [6, 6.07) is 6.54. The summed E-state index contributed by atoms with van der Waals surface area (Å²) in [6.45, 7) is 5.60. The average molecular weight is 464 g/mol. The monoisotopic (exact) mass is 464 g/mol. The molecule has 0 N–H and O–H groups in total. The highest BCUT2D eigenvalue weighted by molar-refractivity contribution is 7.81. The van der Waals surface area contributed by atoms with Gasteiger partial charge in [0.15, 0.2) is 10.8 Å². The van der Waals surface area contributed by atoms with Gasteiger partial charge in [-0.25, -0.2) is 9.37 Å². The van der Waals surface area contributed by atoms with Crippen molar-refractivity contribution < 1.29 is 22.4 Å². The molecule has 1 saturated heterocycles. The number of alkyl halides is 3. The third kappa shape index (κ3) is 3.60. The molecule has 1 aromatic carbocycles. The lowest BCUT2D eigenvalue weighted by Crippen LogP contribution is -2.55. The van der Waals surface area contributed by atoms with E-state index in [1.165, 1.54) is 17.0 Å². The number of aromatic nitrogens is 1. The first-order valence-electron chi connectivity index (χ1n) is 10.0. The number of halogens is 4. The average Bonchev–Trinajstić information content (AvgIpc) is 2.97. The van der Waals surface area contributed by atoms with Crippen LogP contribution in [-0.2, 0) is 11.0 Å². The van der Waals surface area contributed by atoms with Crippen LogP contribution in [0.4, 0.5) is 28.9 Å². The third-order valence-corrected chi connectivity index (χ3v) is 5.91. The number of thiocarbonyl (C=S) groups is 1. The maximum Gasteiger partial charge on any atom is 0.419 e. The smallest absolute Gasteiger partial charge is 0.303 e. The fraction of sp³-hybridized carbons (Fsp3) is 0.364. The number of anilines is 2. The lowest BCUT2D eigenvalue weighted by atomic mass is 9.75. The van der Waals surface area contributed by atoms with Crippen molar-refractivity contribution in [2.45, 2.75) is 51.7 Å². The Bertz CT molecular complexity index is 1120. The molecule has 4 rings (SSSR count). The molecule has 2 aromatic rings. The van der Waals surface area contributed by atoms with Crippen LogP contribution in [0.1, 0.15) is 49.9 Å². The van der Waals surface area contributed by atoms with Gasteiger partial charge in [0.25, 0.3) is 5.91 Å². The van der Waals surface area contributed by atoms with Crippen molar-refractivity contribution in [3.63, 3.8) is 0 Å². The largest absolute Gasteiger partial charge is 0.419 e. The summed E-state index contributed by atoms with van der Waals surface area (Å²) in [5.74, 6) is -0.963. The van der Waals surface area contributed by atoms with Crippen LogP contribution in [0.5, 0.6) is 0 Å². The van der Waals surface area contributed by atoms with Gasteiger partial charge in [-0.15, -0.1) is 0 Å². The Kier molecular flexibility index (Phi) is 6.24. The van der Waals surface area contributed by atoms with Crippen molar-refractivity contribution in [2.75, 3.05) is 9.80 Å². The zero-order valence-electron chi connectivity index (χ0n) is 17.6. The number of benzene rings is 1. The summed E-state index contributed by atoms with van der Waals surface area (Å²) in [6.07, 6.45) is -2.20. The van der Waals surface area contributed by atoms with Gasteiger partial charge in [0.2, 0.25) is 0 Å². The first-order valence-corrected chi connectivity index (χ1v) is 10.4. The summed E-state index contributed by atoms with van der Waals surface area (Å²) >= 11 is 5.46. The second kappa shape index (κ2) is 8.47. The van der Waals surface area contributed by atoms with Gasteiger partial charge in [-0.1, -0.05) is 19.9 Å². The van der Waals surface area contributed by atoms with E-state index in [9.17, 15) is 22.4 Å². The number of nitrogens with zero attached hydrogens (tertiary/aromatic N) is 4. The third-order valence-electron chi connectivity index (χ3n) is 5.55. The molecule has 0 radical (unpaired) electrons. The number of nitriles is 1. The van der Waals surface area contributed by atoms with E-state index in [2.05, 4.69) is 4.98 Å². The number of carbonyl (C=O) groups is 1. The molecule has 1 spiro atoms. The summed E-state index contributed by atoms with van der Waals surface area (Å²) < 4.78 is 54.3. The van der Waals surface area contributed by atoms with Gasteiger partial charge >= 0.3 is 6.18 Å². The second-order valence-electron chi connectivity index (χ2n) is 7.28. The van der Waals surface area contributed by atoms with E-state index in [0.29, 0.717) is 30.2 Å². The lowest BCUT2D eigenvalue weighted by molar-refractivity contribution is -0.138. The maximum absolute atomic E-state index is 14.2. The normalized spacial score (nSPS) is 17.1. The van der Waals surface area contributed by atoms with Gasteiger partial charge in [-0.05, 0) is 62.2 Å². The predicted octanol–water partition coefficient (Wildman–Crippen LogP) is 5.51. The molecule has 1 saturated carbocycles. The number of amides is 1. The summed E-state index contributed by atoms with van der Waals surface area (Å²) in [5, 5.41) is 8.90. The van der Waals surface area contributed by atoms with Gasteiger partial charge in [0.05, 0.1) is 17.4 Å². The van der Waals surface area contributed by atoms with Crippen LogP contribution in [0.2, 0.25) is 0 Å². The van der Waals surface area contributed by atoms with E-state index in [0.717, 1.165) is 17.5 Å². The molecule has 10 heteroatoms. The molecule has 1 amide bonds. The lowest BCUT2D eigenvalue weighted by Gasteiger charge is -2.43. The Morgan fingerprint density at radius 2 is 1.84 bits per heavy atom. The minimum Gasteiger partial charge on any atom is -0.303 e. The topological polar surface area (TPSA) is 60.2 Å². The fourth-order valence-electron chi connectivity index (χ4n) is 3.81. The van der Waals surface area contributed by atoms with E-state index in [4.69, 9.17) is 17.5 Å². The molecule has 0 atom stereocenters. The molecule has 1 aromatic heterocycles. The van der Waals surface area contributed by atoms with Crippen LogP contribution >= 0.6 is 12.2 Å². The summed E-state index contributed by atoms with van der Waals surface area (Å²) in [5.41, 5.74) is -2.51. The number of rotatable bonds is 2. The molecule has 168 valence electrons. The molecular weight excluding hydrogens is 444 g/mol. The van der Waals surface area contributed by atoms with E-state index < -0.39 is 34.7 Å². The molecular formula is C22H20F4N4OS. The van der Waals surface area contributed by atoms with E-state index >= 15 is 0 Å². The molecule has 32 heavy (non-hydrogen) atoms. The van der Waals surface area contributed by atoms with Crippen LogP contribution in [0, 0.1) is 24.1 Å². The van der Waals surface area contributed by atoms with Crippen molar-refractivity contribution >= 4 is 34.6 Å². The standard InChI is InChI=1S/C20H14F4N4OS.C2H6/c1-11-3-4-12(8-15(11)21)28-18(30)27(17(29)19(28)5-2-6-19)13-7-14(20(22,23)24)16(9-25)26-10-13;1-2/h3-4,7-8,10H,2,5-6H2,1H3;1-2H3. The predicted molar refractivity (Wildman–Crippen MR) is 116 cm³/mol. The first-order chi connectivity index (χ1) is 15.1. The Hall–Kier alpha value is -3.06. The minimum atomic E-state index is -4.83. The molecule has 0 bridgehead atoms. The molecule has 5 nitrogen and oxygen atoms in total. The summed E-state index contributed by atoms with van der Waals surface area (Å²) in [7, 11) is 0. The molecule has 2 aliphatic rings. The number of hydrogen-bond donors (Lipinski definition) is 0. The first kappa shape index (κ1) is 23.6. The van der Waals surface area contributed by atoms with Crippen molar-refractivity contribution in [1.29, 1.82) is 5.26 Å². The molecule has 2 heterocycles. The zero-order chi connectivity index (χ0) is 23.8. The number of hydrogen-bond acceptors (Lipinski definition) is 4. The fourth-order valence-corrected chi connectivity index (χ4v) is 4.28. The van der Waals surface area contributed by atoms with E-state index in [1.807, 2.05) is 13.8 Å². The van der Waals surface area contributed by atoms with Gasteiger partial charge in [-0.3, -0.25) is 9.69 Å². The van der Waals surface area contributed by atoms with Crippen molar-refractivity contribution in [3.05, 3.63) is 53.1 Å². The summed E-state index contributed by atoms with van der Waals surface area (Å²) in [4.78, 5) is 19.4. The Labute approximate surface area is 188 Å². The molecule has 1 aliphatic carbocycles. The van der Waals surface area contributed by atoms with Crippen LogP contribution in [0.15, 0.2) is 30.5 Å². The van der Waals surface area contributed by atoms with Crippen molar-refractivity contribution in [3.8, 4) is 6.07 Å². The maximum atomic E-state index is 14.2.